The first kappa shape index (κ1) is 12.7. The molecule has 1 unspecified atom stereocenters. The standard InChI is InChI=1S/C5H10Cl2.C5H5N/c1-2-3-5(7)4-6;1-2-4-6-5-3-1/h5H,2-4H2,1H3;1-5H. The molecule has 0 amide bonds. The number of hydrogen-bond donors (Lipinski definition) is 0. The number of nitrogens with zero attached hydrogens (tertiary/aromatic N) is 1. The number of alkyl halides is 2. The van der Waals surface area contributed by atoms with Crippen LogP contribution >= 0.6 is 23.2 Å². The average molecular weight is 220 g/mol. The highest BCUT2D eigenvalue weighted by molar-refractivity contribution is 6.28. The van der Waals surface area contributed by atoms with E-state index in [1.54, 1.807) is 12.4 Å². The van der Waals surface area contributed by atoms with Gasteiger partial charge in [0.25, 0.3) is 0 Å². The van der Waals surface area contributed by atoms with Gasteiger partial charge in [-0.15, -0.1) is 23.2 Å². The van der Waals surface area contributed by atoms with Gasteiger partial charge in [-0.25, -0.2) is 0 Å². The summed E-state index contributed by atoms with van der Waals surface area (Å²) in [6.07, 6.45) is 5.66. The molecule has 0 N–H and O–H groups in total. The van der Waals surface area contributed by atoms with Crippen LogP contribution in [0.3, 0.4) is 0 Å². The smallest absolute Gasteiger partial charge is 0.0471 e. The number of hydrogen-bond acceptors (Lipinski definition) is 1. The highest BCUT2D eigenvalue weighted by Gasteiger charge is 1.97. The number of pyridine rings is 1. The summed E-state index contributed by atoms with van der Waals surface area (Å²) in [6, 6.07) is 5.72. The van der Waals surface area contributed by atoms with Crippen molar-refractivity contribution in [1.29, 1.82) is 0 Å². The van der Waals surface area contributed by atoms with Gasteiger partial charge in [-0.2, -0.15) is 0 Å². The molecule has 1 nitrogen and oxygen atoms in total. The Morgan fingerprint density at radius 1 is 1.23 bits per heavy atom. The summed E-state index contributed by atoms with van der Waals surface area (Å²) in [5.41, 5.74) is 0. The summed E-state index contributed by atoms with van der Waals surface area (Å²) in [5, 5.41) is 0.187. The fourth-order valence-corrected chi connectivity index (χ4v) is 1.08. The first-order valence-electron chi connectivity index (χ1n) is 4.36. The van der Waals surface area contributed by atoms with Crippen LogP contribution in [0.5, 0.6) is 0 Å². The Bertz CT molecular complexity index is 153. The fraction of sp³-hybridized carbons (Fsp3) is 0.500. The molecule has 13 heavy (non-hydrogen) atoms. The Morgan fingerprint density at radius 3 is 2.00 bits per heavy atom. The third kappa shape index (κ3) is 9.65. The van der Waals surface area contributed by atoms with Crippen LogP contribution in [0, 0.1) is 0 Å². The summed E-state index contributed by atoms with van der Waals surface area (Å²) in [6.45, 7) is 2.10. The Kier molecular flexibility index (Phi) is 9.61. The molecule has 74 valence electrons. The van der Waals surface area contributed by atoms with Crippen molar-refractivity contribution in [1.82, 2.24) is 4.98 Å². The minimum Gasteiger partial charge on any atom is -0.265 e. The highest BCUT2D eigenvalue weighted by Crippen LogP contribution is 2.05. The zero-order chi connectivity index (χ0) is 9.94. The Hall–Kier alpha value is -0.270. The molecule has 1 aromatic rings. The van der Waals surface area contributed by atoms with Gasteiger partial charge < -0.3 is 0 Å². The van der Waals surface area contributed by atoms with Gasteiger partial charge in [-0.3, -0.25) is 4.98 Å². The van der Waals surface area contributed by atoms with Crippen molar-refractivity contribution < 1.29 is 0 Å². The topological polar surface area (TPSA) is 12.9 Å². The van der Waals surface area contributed by atoms with Gasteiger partial charge >= 0.3 is 0 Å². The first-order valence-corrected chi connectivity index (χ1v) is 5.33. The van der Waals surface area contributed by atoms with Gasteiger partial charge in [0.05, 0.1) is 0 Å². The normalized spacial score (nSPS) is 11.3. The highest BCUT2D eigenvalue weighted by atomic mass is 35.5. The van der Waals surface area contributed by atoms with Crippen LogP contribution in [0.2, 0.25) is 0 Å². The van der Waals surface area contributed by atoms with Gasteiger partial charge in [0.2, 0.25) is 0 Å². The van der Waals surface area contributed by atoms with Crippen LogP contribution in [0.1, 0.15) is 19.8 Å². The molecular weight excluding hydrogens is 205 g/mol. The predicted octanol–water partition coefficient (Wildman–Crippen LogP) is 3.71. The molecule has 0 aliphatic heterocycles. The molecule has 0 spiro atoms. The second kappa shape index (κ2) is 9.82. The molecule has 0 saturated carbocycles. The van der Waals surface area contributed by atoms with Crippen LogP contribution in [-0.2, 0) is 0 Å². The molecular formula is C10H15Cl2N. The molecule has 3 heteroatoms. The molecule has 0 aliphatic carbocycles. The van der Waals surface area contributed by atoms with Gasteiger partial charge in [0.15, 0.2) is 0 Å². The molecule has 1 atom stereocenters. The lowest BCUT2D eigenvalue weighted by Crippen LogP contribution is -1.97. The minimum atomic E-state index is 0.187. The summed E-state index contributed by atoms with van der Waals surface area (Å²) in [4.78, 5) is 3.78. The fourth-order valence-electron chi connectivity index (χ4n) is 0.703. The lowest BCUT2D eigenvalue weighted by molar-refractivity contribution is 0.784. The summed E-state index contributed by atoms with van der Waals surface area (Å²) in [5.74, 6) is 0.579. The molecule has 0 fully saturated rings. The zero-order valence-corrected chi connectivity index (χ0v) is 9.30. The molecule has 0 saturated heterocycles. The van der Waals surface area contributed by atoms with Gasteiger partial charge in [0, 0.05) is 23.7 Å². The molecule has 0 bridgehead atoms. The lowest BCUT2D eigenvalue weighted by atomic mass is 10.3. The van der Waals surface area contributed by atoms with E-state index in [0.29, 0.717) is 5.88 Å². The van der Waals surface area contributed by atoms with Crippen LogP contribution < -0.4 is 0 Å². The zero-order valence-electron chi connectivity index (χ0n) is 7.79. The van der Waals surface area contributed by atoms with E-state index in [1.165, 1.54) is 0 Å². The van der Waals surface area contributed by atoms with E-state index in [2.05, 4.69) is 11.9 Å². The Morgan fingerprint density at radius 2 is 1.85 bits per heavy atom. The minimum absolute atomic E-state index is 0.187. The van der Waals surface area contributed by atoms with Crippen molar-refractivity contribution in [2.45, 2.75) is 25.1 Å². The third-order valence-electron chi connectivity index (χ3n) is 1.34. The molecule has 1 rings (SSSR count). The van der Waals surface area contributed by atoms with E-state index in [9.17, 15) is 0 Å². The van der Waals surface area contributed by atoms with E-state index in [0.717, 1.165) is 12.8 Å². The third-order valence-corrected chi connectivity index (χ3v) is 2.24. The van der Waals surface area contributed by atoms with E-state index < -0.39 is 0 Å². The van der Waals surface area contributed by atoms with Gasteiger partial charge in [-0.1, -0.05) is 19.4 Å². The SMILES string of the molecule is CCCC(Cl)CCl.c1ccncc1. The second-order valence-corrected chi connectivity index (χ2v) is 3.49. The van der Waals surface area contributed by atoms with Crippen LogP contribution in [0.4, 0.5) is 0 Å². The van der Waals surface area contributed by atoms with Crippen molar-refractivity contribution in [2.24, 2.45) is 0 Å². The van der Waals surface area contributed by atoms with E-state index in [1.807, 2.05) is 18.2 Å². The largest absolute Gasteiger partial charge is 0.265 e. The lowest BCUT2D eigenvalue weighted by Gasteiger charge is -1.98. The molecule has 0 aliphatic rings. The monoisotopic (exact) mass is 219 g/mol. The van der Waals surface area contributed by atoms with Gasteiger partial charge in [-0.05, 0) is 18.6 Å². The molecule has 0 aromatic carbocycles. The second-order valence-electron chi connectivity index (χ2n) is 2.56. The Labute approximate surface area is 90.1 Å². The van der Waals surface area contributed by atoms with Crippen LogP contribution in [0.25, 0.3) is 0 Å². The quantitative estimate of drug-likeness (QED) is 0.707. The van der Waals surface area contributed by atoms with Crippen LogP contribution in [-0.4, -0.2) is 16.2 Å². The van der Waals surface area contributed by atoms with Crippen molar-refractivity contribution in [3.63, 3.8) is 0 Å². The first-order chi connectivity index (χ1) is 6.31. The van der Waals surface area contributed by atoms with E-state index >= 15 is 0 Å². The van der Waals surface area contributed by atoms with Crippen molar-refractivity contribution in [2.75, 3.05) is 5.88 Å². The number of rotatable bonds is 3. The summed E-state index contributed by atoms with van der Waals surface area (Å²) < 4.78 is 0. The Balaban J connectivity index is 0.000000223. The van der Waals surface area contributed by atoms with Crippen LogP contribution in [0.15, 0.2) is 30.6 Å². The predicted molar refractivity (Wildman–Crippen MR) is 59.5 cm³/mol. The maximum absolute atomic E-state index is 5.63. The summed E-state index contributed by atoms with van der Waals surface area (Å²) in [7, 11) is 0. The number of aromatic nitrogens is 1. The van der Waals surface area contributed by atoms with Gasteiger partial charge in [0.1, 0.15) is 0 Å². The molecule has 1 heterocycles. The van der Waals surface area contributed by atoms with E-state index in [4.69, 9.17) is 23.2 Å². The van der Waals surface area contributed by atoms with E-state index in [-0.39, 0.29) is 5.38 Å². The van der Waals surface area contributed by atoms with Crippen molar-refractivity contribution in [3.05, 3.63) is 30.6 Å². The summed E-state index contributed by atoms with van der Waals surface area (Å²) >= 11 is 11.0. The number of halogens is 2. The van der Waals surface area contributed by atoms with Crippen molar-refractivity contribution in [3.8, 4) is 0 Å². The maximum atomic E-state index is 5.63. The van der Waals surface area contributed by atoms with Crippen molar-refractivity contribution >= 4 is 23.2 Å². The molecule has 1 aromatic heterocycles. The molecule has 0 radical (unpaired) electrons. The average Bonchev–Trinajstić information content (AvgIpc) is 2.22. The maximum Gasteiger partial charge on any atom is 0.0471 e.